The Bertz CT molecular complexity index is 1290. The molecular weight excluding hydrogens is 456 g/mol. The topological polar surface area (TPSA) is 67.1 Å². The molecule has 0 bridgehead atoms. The van der Waals surface area contributed by atoms with E-state index in [4.69, 9.17) is 4.74 Å². The van der Waals surface area contributed by atoms with E-state index in [2.05, 4.69) is 33.7 Å². The molecule has 0 aliphatic rings. The summed E-state index contributed by atoms with van der Waals surface area (Å²) in [7, 11) is 0. The lowest BCUT2D eigenvalue weighted by Gasteiger charge is -2.10. The minimum atomic E-state index is -0.244. The second-order valence-electron chi connectivity index (χ2n) is 7.69. The number of amides is 1. The molecular formula is C28H27N4O2S+. The van der Waals surface area contributed by atoms with Crippen molar-refractivity contribution in [1.82, 2.24) is 4.98 Å². The number of nitrogens with one attached hydrogen (secondary N) is 2. The molecule has 0 aliphatic carbocycles. The number of carbonyl (C=O) groups is 1. The fourth-order valence-electron chi connectivity index (χ4n) is 3.35. The van der Waals surface area contributed by atoms with Crippen molar-refractivity contribution in [2.75, 3.05) is 10.6 Å². The summed E-state index contributed by atoms with van der Waals surface area (Å²) in [5.41, 5.74) is 1.56. The van der Waals surface area contributed by atoms with Crippen molar-refractivity contribution >= 4 is 34.9 Å². The van der Waals surface area contributed by atoms with E-state index >= 15 is 0 Å². The van der Waals surface area contributed by atoms with Crippen molar-refractivity contribution in [2.45, 2.75) is 29.8 Å². The van der Waals surface area contributed by atoms with Crippen LogP contribution in [0.15, 0.2) is 114 Å². The van der Waals surface area contributed by atoms with Crippen molar-refractivity contribution in [1.29, 1.82) is 0 Å². The minimum Gasteiger partial charge on any atom is -0.457 e. The van der Waals surface area contributed by atoms with E-state index in [1.54, 1.807) is 11.8 Å². The molecule has 3 aromatic carbocycles. The van der Waals surface area contributed by atoms with Gasteiger partial charge in [0, 0.05) is 16.6 Å². The van der Waals surface area contributed by atoms with Crippen LogP contribution in [0.1, 0.15) is 13.3 Å². The van der Waals surface area contributed by atoms with Crippen LogP contribution in [0, 0.1) is 0 Å². The number of benzene rings is 3. The third kappa shape index (κ3) is 6.94. The molecule has 4 rings (SSSR count). The van der Waals surface area contributed by atoms with E-state index in [0.29, 0.717) is 5.69 Å². The van der Waals surface area contributed by atoms with Gasteiger partial charge in [-0.3, -0.25) is 10.1 Å². The monoisotopic (exact) mass is 483 g/mol. The van der Waals surface area contributed by atoms with E-state index in [-0.39, 0.29) is 5.91 Å². The Morgan fingerprint density at radius 2 is 1.74 bits per heavy atom. The zero-order valence-corrected chi connectivity index (χ0v) is 20.3. The number of rotatable bonds is 10. The van der Waals surface area contributed by atoms with E-state index in [1.165, 1.54) is 6.08 Å². The van der Waals surface area contributed by atoms with E-state index in [0.717, 1.165) is 45.9 Å². The zero-order chi connectivity index (χ0) is 24.5. The number of hydrogen-bond donors (Lipinski definition) is 2. The molecule has 1 heterocycles. The predicted octanol–water partition coefficient (Wildman–Crippen LogP) is 6.59. The molecule has 7 heteroatoms. The number of hydrogen-bond acceptors (Lipinski definition) is 5. The summed E-state index contributed by atoms with van der Waals surface area (Å²) in [5, 5.41) is 7.12. The first-order valence-electron chi connectivity index (χ1n) is 11.3. The van der Waals surface area contributed by atoms with Gasteiger partial charge in [0.2, 0.25) is 18.1 Å². The fraction of sp³-hybridized carbons (Fsp3) is 0.107. The maximum atomic E-state index is 11.6. The van der Waals surface area contributed by atoms with Gasteiger partial charge < -0.3 is 10.1 Å². The van der Waals surface area contributed by atoms with Gasteiger partial charge in [-0.05, 0) is 61.0 Å². The van der Waals surface area contributed by atoms with Gasteiger partial charge >= 0.3 is 0 Å². The summed E-state index contributed by atoms with van der Waals surface area (Å²) in [6.45, 7) is 6.46. The van der Waals surface area contributed by atoms with Gasteiger partial charge in [-0.2, -0.15) is 0 Å². The highest BCUT2D eigenvalue weighted by molar-refractivity contribution is 7.99. The second-order valence-corrected chi connectivity index (χ2v) is 8.79. The Labute approximate surface area is 209 Å². The average molecular weight is 484 g/mol. The number of anilines is 3. The smallest absolute Gasteiger partial charge is 0.247 e. The summed E-state index contributed by atoms with van der Waals surface area (Å²) in [5.74, 6) is 2.27. The molecule has 0 saturated carbocycles. The van der Waals surface area contributed by atoms with Gasteiger partial charge in [0.05, 0.1) is 18.3 Å². The summed E-state index contributed by atoms with van der Waals surface area (Å²) in [6, 6.07) is 27.3. The van der Waals surface area contributed by atoms with Crippen molar-refractivity contribution in [3.63, 3.8) is 0 Å². The standard InChI is InChI=1S/C28H26N4O2S/c1-3-17-32-20-29-28(19-26(32)30-21-9-8-10-22(18-21)31-27(33)4-2)35-25-15-13-24(14-16-25)34-23-11-6-5-7-12-23/h4-16,18-20H,2-3,17H2,1H3,(H,31,33)/p+1. The molecule has 35 heavy (non-hydrogen) atoms. The van der Waals surface area contributed by atoms with Crippen molar-refractivity contribution in [2.24, 2.45) is 0 Å². The van der Waals surface area contributed by atoms with Crippen LogP contribution >= 0.6 is 11.8 Å². The highest BCUT2D eigenvalue weighted by Crippen LogP contribution is 2.30. The van der Waals surface area contributed by atoms with Crippen LogP contribution in [0.4, 0.5) is 17.2 Å². The lowest BCUT2D eigenvalue weighted by atomic mass is 10.2. The maximum Gasteiger partial charge on any atom is 0.247 e. The number of carbonyl (C=O) groups excluding carboxylic acids is 1. The SMILES string of the molecule is C=CC(=O)Nc1cccc(Nc2cc(Sc3ccc(Oc4ccccc4)cc3)nc[n+]2CCC)c1. The first kappa shape index (κ1) is 24.0. The maximum absolute atomic E-state index is 11.6. The number of para-hydroxylation sites is 1. The van der Waals surface area contributed by atoms with Crippen LogP contribution in [-0.4, -0.2) is 10.9 Å². The third-order valence-corrected chi connectivity index (χ3v) is 5.91. The van der Waals surface area contributed by atoms with Gasteiger partial charge in [0.25, 0.3) is 0 Å². The number of aromatic nitrogens is 2. The van der Waals surface area contributed by atoms with E-state index < -0.39 is 0 Å². The van der Waals surface area contributed by atoms with Crippen LogP contribution < -0.4 is 19.9 Å². The first-order valence-corrected chi connectivity index (χ1v) is 12.2. The average Bonchev–Trinajstić information content (AvgIpc) is 2.88. The molecule has 176 valence electrons. The third-order valence-electron chi connectivity index (χ3n) is 4.97. The number of nitrogens with zero attached hydrogens (tertiary/aromatic N) is 2. The van der Waals surface area contributed by atoms with Gasteiger partial charge in [-0.15, -0.1) is 4.98 Å². The number of aryl methyl sites for hydroxylation is 1. The zero-order valence-electron chi connectivity index (χ0n) is 19.5. The Kier molecular flexibility index (Phi) is 8.14. The molecule has 0 spiro atoms. The summed E-state index contributed by atoms with van der Waals surface area (Å²) >= 11 is 1.58. The molecule has 6 nitrogen and oxygen atoms in total. The van der Waals surface area contributed by atoms with E-state index in [1.807, 2.05) is 91.3 Å². The molecule has 2 N–H and O–H groups in total. The summed E-state index contributed by atoms with van der Waals surface area (Å²) in [4.78, 5) is 17.3. The van der Waals surface area contributed by atoms with Gasteiger partial charge in [0.15, 0.2) is 5.03 Å². The molecule has 0 aliphatic heterocycles. The van der Waals surface area contributed by atoms with Crippen molar-refractivity contribution in [3.05, 3.63) is 104 Å². The normalized spacial score (nSPS) is 10.4. The van der Waals surface area contributed by atoms with Gasteiger partial charge in [-0.1, -0.05) is 49.5 Å². The predicted molar refractivity (Wildman–Crippen MR) is 140 cm³/mol. The van der Waals surface area contributed by atoms with Crippen LogP contribution in [0.25, 0.3) is 0 Å². The first-order chi connectivity index (χ1) is 17.1. The second kappa shape index (κ2) is 11.9. The van der Waals surface area contributed by atoms with Crippen LogP contribution in [-0.2, 0) is 11.3 Å². The molecule has 0 radical (unpaired) electrons. The Morgan fingerprint density at radius 1 is 1.00 bits per heavy atom. The highest BCUT2D eigenvalue weighted by Gasteiger charge is 2.13. The molecule has 0 atom stereocenters. The summed E-state index contributed by atoms with van der Waals surface area (Å²) in [6.07, 6.45) is 4.08. The highest BCUT2D eigenvalue weighted by atomic mass is 32.2. The van der Waals surface area contributed by atoms with Crippen LogP contribution in [0.3, 0.4) is 0 Å². The Hall–Kier alpha value is -4.10. The molecule has 0 unspecified atom stereocenters. The Morgan fingerprint density at radius 3 is 2.49 bits per heavy atom. The minimum absolute atomic E-state index is 0.244. The molecule has 0 saturated heterocycles. The van der Waals surface area contributed by atoms with Gasteiger partial charge in [0.1, 0.15) is 11.5 Å². The molecule has 4 aromatic rings. The lowest BCUT2D eigenvalue weighted by molar-refractivity contribution is -0.686. The van der Waals surface area contributed by atoms with Crippen molar-refractivity contribution < 1.29 is 14.1 Å². The largest absolute Gasteiger partial charge is 0.457 e. The quantitative estimate of drug-likeness (QED) is 0.151. The molecule has 1 amide bonds. The molecule has 1 aromatic heterocycles. The van der Waals surface area contributed by atoms with E-state index in [9.17, 15) is 4.79 Å². The van der Waals surface area contributed by atoms with Gasteiger partial charge in [-0.25, -0.2) is 4.57 Å². The summed E-state index contributed by atoms with van der Waals surface area (Å²) < 4.78 is 7.96. The molecule has 0 fully saturated rings. The number of ether oxygens (including phenoxy) is 1. The Balaban J connectivity index is 1.49. The van der Waals surface area contributed by atoms with Crippen LogP contribution in [0.2, 0.25) is 0 Å². The fourth-order valence-corrected chi connectivity index (χ4v) is 4.13. The van der Waals surface area contributed by atoms with Crippen molar-refractivity contribution in [3.8, 4) is 11.5 Å². The van der Waals surface area contributed by atoms with Crippen LogP contribution in [0.5, 0.6) is 11.5 Å². The lowest BCUT2D eigenvalue weighted by Crippen LogP contribution is -2.36.